The number of aromatic nitrogens is 2. The largest absolute Gasteiger partial charge is 0.333 e. The molecule has 0 radical (unpaired) electrons. The minimum Gasteiger partial charge on any atom is -0.333 e. The summed E-state index contributed by atoms with van der Waals surface area (Å²) in [6.45, 7) is 2.65. The number of nitrogens with zero attached hydrogens (tertiary/aromatic N) is 2. The maximum absolute atomic E-state index is 6.12. The second kappa shape index (κ2) is 4.68. The van der Waals surface area contributed by atoms with Crippen molar-refractivity contribution in [1.82, 2.24) is 9.55 Å². The number of hydrogen-bond acceptors (Lipinski definition) is 2. The third-order valence-corrected chi connectivity index (χ3v) is 2.97. The molecule has 16 heavy (non-hydrogen) atoms. The predicted octanol–water partition coefficient (Wildman–Crippen LogP) is 2.54. The van der Waals surface area contributed by atoms with Crippen molar-refractivity contribution in [3.8, 4) is 0 Å². The Labute approximate surface area is 99.9 Å². The lowest BCUT2D eigenvalue weighted by atomic mass is 10.1. The molecule has 0 aliphatic heterocycles. The lowest BCUT2D eigenvalue weighted by molar-refractivity contribution is 0.565. The fourth-order valence-electron chi connectivity index (χ4n) is 1.68. The van der Waals surface area contributed by atoms with Gasteiger partial charge in [0.05, 0.1) is 0 Å². The number of halogens is 1. The molecule has 0 amide bonds. The molecule has 2 rings (SSSR count). The Hall–Kier alpha value is -1.32. The zero-order chi connectivity index (χ0) is 11.5. The Balaban J connectivity index is 2.18. The lowest BCUT2D eigenvalue weighted by Gasteiger charge is -2.15. The van der Waals surface area contributed by atoms with Gasteiger partial charge in [0.15, 0.2) is 0 Å². The second-order valence-corrected chi connectivity index (χ2v) is 4.16. The van der Waals surface area contributed by atoms with Gasteiger partial charge in [-0.2, -0.15) is 0 Å². The fraction of sp³-hybridized carbons (Fsp3) is 0.250. The molecule has 2 aromatic rings. The van der Waals surface area contributed by atoms with Gasteiger partial charge in [-0.25, -0.2) is 4.98 Å². The Morgan fingerprint density at radius 1 is 1.44 bits per heavy atom. The van der Waals surface area contributed by atoms with Crippen molar-refractivity contribution in [1.29, 1.82) is 0 Å². The molecule has 4 heteroatoms. The van der Waals surface area contributed by atoms with E-state index in [4.69, 9.17) is 17.3 Å². The molecule has 1 atom stereocenters. The van der Waals surface area contributed by atoms with Crippen molar-refractivity contribution in [2.45, 2.75) is 19.5 Å². The highest BCUT2D eigenvalue weighted by Gasteiger charge is 2.10. The van der Waals surface area contributed by atoms with Crippen molar-refractivity contribution < 1.29 is 0 Å². The van der Waals surface area contributed by atoms with E-state index in [0.717, 1.165) is 11.4 Å². The first kappa shape index (κ1) is 11.2. The average molecular weight is 236 g/mol. The summed E-state index contributed by atoms with van der Waals surface area (Å²) in [5, 5.41) is 0.716. The van der Waals surface area contributed by atoms with Gasteiger partial charge in [0.2, 0.25) is 0 Å². The van der Waals surface area contributed by atoms with E-state index in [-0.39, 0.29) is 6.04 Å². The van der Waals surface area contributed by atoms with Gasteiger partial charge < -0.3 is 10.3 Å². The predicted molar refractivity (Wildman–Crippen MR) is 65.3 cm³/mol. The van der Waals surface area contributed by atoms with Crippen molar-refractivity contribution in [2.75, 3.05) is 0 Å². The van der Waals surface area contributed by atoms with Gasteiger partial charge in [-0.3, -0.25) is 0 Å². The van der Waals surface area contributed by atoms with Crippen molar-refractivity contribution in [2.24, 2.45) is 5.73 Å². The minimum absolute atomic E-state index is 0.110. The first-order chi connectivity index (χ1) is 7.68. The minimum atomic E-state index is -0.110. The number of aryl methyl sites for hydroxylation is 1. The number of hydrogen-bond donors (Lipinski definition) is 1. The van der Waals surface area contributed by atoms with Crippen LogP contribution in [0.15, 0.2) is 36.7 Å². The molecule has 1 aromatic heterocycles. The van der Waals surface area contributed by atoms with Gasteiger partial charge in [-0.05, 0) is 18.6 Å². The molecule has 1 heterocycles. The quantitative estimate of drug-likeness (QED) is 0.889. The van der Waals surface area contributed by atoms with Crippen LogP contribution in [0.2, 0.25) is 5.02 Å². The van der Waals surface area contributed by atoms with Crippen molar-refractivity contribution in [3.05, 3.63) is 53.1 Å². The van der Waals surface area contributed by atoms with Gasteiger partial charge in [0.1, 0.15) is 5.82 Å². The van der Waals surface area contributed by atoms with Crippen LogP contribution < -0.4 is 5.73 Å². The Morgan fingerprint density at radius 3 is 2.81 bits per heavy atom. The van der Waals surface area contributed by atoms with E-state index >= 15 is 0 Å². The van der Waals surface area contributed by atoms with E-state index < -0.39 is 0 Å². The SMILES string of the molecule is Cc1nccn1CC(N)c1ccccc1Cl. The third-order valence-electron chi connectivity index (χ3n) is 2.62. The number of rotatable bonds is 3. The topological polar surface area (TPSA) is 43.8 Å². The van der Waals surface area contributed by atoms with Crippen molar-refractivity contribution >= 4 is 11.6 Å². The molecular weight excluding hydrogens is 222 g/mol. The molecule has 84 valence electrons. The van der Waals surface area contributed by atoms with Crippen molar-refractivity contribution in [3.63, 3.8) is 0 Å². The van der Waals surface area contributed by atoms with E-state index in [2.05, 4.69) is 4.98 Å². The first-order valence-electron chi connectivity index (χ1n) is 5.16. The first-order valence-corrected chi connectivity index (χ1v) is 5.54. The summed E-state index contributed by atoms with van der Waals surface area (Å²) in [7, 11) is 0. The number of benzene rings is 1. The van der Waals surface area contributed by atoms with Gasteiger partial charge in [-0.15, -0.1) is 0 Å². The van der Waals surface area contributed by atoms with Crippen LogP contribution in [0.3, 0.4) is 0 Å². The highest BCUT2D eigenvalue weighted by Crippen LogP contribution is 2.22. The van der Waals surface area contributed by atoms with E-state index in [1.165, 1.54) is 0 Å². The zero-order valence-electron chi connectivity index (χ0n) is 9.10. The zero-order valence-corrected chi connectivity index (χ0v) is 9.85. The standard InChI is InChI=1S/C12H14ClN3/c1-9-15-6-7-16(9)8-12(14)10-4-2-3-5-11(10)13/h2-7,12H,8,14H2,1H3. The van der Waals surface area contributed by atoms with Crippen LogP contribution in [-0.2, 0) is 6.54 Å². The van der Waals surface area contributed by atoms with E-state index in [9.17, 15) is 0 Å². The molecule has 0 bridgehead atoms. The highest BCUT2D eigenvalue weighted by molar-refractivity contribution is 6.31. The molecule has 1 aromatic carbocycles. The van der Waals surface area contributed by atoms with Crippen LogP contribution in [0.1, 0.15) is 17.4 Å². The molecule has 0 aliphatic rings. The summed E-state index contributed by atoms with van der Waals surface area (Å²) in [5.74, 6) is 0.961. The maximum atomic E-state index is 6.12. The molecule has 0 saturated carbocycles. The van der Waals surface area contributed by atoms with Gasteiger partial charge in [0.25, 0.3) is 0 Å². The van der Waals surface area contributed by atoms with Crippen LogP contribution in [0.25, 0.3) is 0 Å². The van der Waals surface area contributed by atoms with Crippen LogP contribution >= 0.6 is 11.6 Å². The van der Waals surface area contributed by atoms with Crippen LogP contribution in [0.5, 0.6) is 0 Å². The number of imidazole rings is 1. The normalized spacial score (nSPS) is 12.7. The maximum Gasteiger partial charge on any atom is 0.105 e. The molecule has 0 saturated heterocycles. The van der Waals surface area contributed by atoms with Gasteiger partial charge in [0, 0.05) is 30.0 Å². The van der Waals surface area contributed by atoms with Crippen LogP contribution in [0.4, 0.5) is 0 Å². The summed E-state index contributed by atoms with van der Waals surface area (Å²) in [4.78, 5) is 4.16. The molecular formula is C12H14ClN3. The van der Waals surface area contributed by atoms with E-state index in [1.807, 2.05) is 42.0 Å². The molecule has 3 nitrogen and oxygen atoms in total. The Morgan fingerprint density at radius 2 is 2.19 bits per heavy atom. The second-order valence-electron chi connectivity index (χ2n) is 3.75. The van der Waals surface area contributed by atoms with E-state index in [0.29, 0.717) is 11.6 Å². The average Bonchev–Trinajstić information content (AvgIpc) is 2.65. The summed E-state index contributed by atoms with van der Waals surface area (Å²) in [6.07, 6.45) is 3.70. The number of nitrogens with two attached hydrogens (primary N) is 1. The Bertz CT molecular complexity index is 479. The fourth-order valence-corrected chi connectivity index (χ4v) is 1.96. The van der Waals surface area contributed by atoms with E-state index in [1.54, 1.807) is 6.20 Å². The smallest absolute Gasteiger partial charge is 0.105 e. The van der Waals surface area contributed by atoms with Gasteiger partial charge in [-0.1, -0.05) is 29.8 Å². The molecule has 0 aliphatic carbocycles. The summed E-state index contributed by atoms with van der Waals surface area (Å²) in [5.41, 5.74) is 7.09. The molecule has 0 fully saturated rings. The van der Waals surface area contributed by atoms with Crippen LogP contribution in [-0.4, -0.2) is 9.55 Å². The Kier molecular flexibility index (Phi) is 3.27. The van der Waals surface area contributed by atoms with Crippen LogP contribution in [0, 0.1) is 6.92 Å². The summed E-state index contributed by atoms with van der Waals surface area (Å²) >= 11 is 6.09. The molecule has 2 N–H and O–H groups in total. The lowest BCUT2D eigenvalue weighted by Crippen LogP contribution is -2.18. The third kappa shape index (κ3) is 2.26. The summed E-state index contributed by atoms with van der Waals surface area (Å²) in [6, 6.07) is 7.56. The monoisotopic (exact) mass is 235 g/mol. The summed E-state index contributed by atoms with van der Waals surface area (Å²) < 4.78 is 2.02. The van der Waals surface area contributed by atoms with Gasteiger partial charge >= 0.3 is 0 Å². The molecule has 1 unspecified atom stereocenters. The highest BCUT2D eigenvalue weighted by atomic mass is 35.5. The molecule has 0 spiro atoms.